The highest BCUT2D eigenvalue weighted by Gasteiger charge is 2.05. The summed E-state index contributed by atoms with van der Waals surface area (Å²) in [7, 11) is 0. The Balaban J connectivity index is 1.90. The largest absolute Gasteiger partial charge is 0.490 e. The molecule has 0 saturated carbocycles. The summed E-state index contributed by atoms with van der Waals surface area (Å²) in [5.74, 6) is -0.886. The molecule has 5 nitrogen and oxygen atoms in total. The highest BCUT2D eigenvalue weighted by atomic mass is 19.1. The number of ether oxygens (including phenoxy) is 1. The van der Waals surface area contributed by atoms with E-state index in [2.05, 4.69) is 20.6 Å². The lowest BCUT2D eigenvalue weighted by Crippen LogP contribution is -2.04. The van der Waals surface area contributed by atoms with Crippen LogP contribution in [0.1, 0.15) is 5.82 Å². The lowest BCUT2D eigenvalue weighted by Gasteiger charge is -2.05. The zero-order valence-corrected chi connectivity index (χ0v) is 8.15. The molecule has 1 N–H and O–H groups in total. The smallest absolute Gasteiger partial charge is 0.177 e. The van der Waals surface area contributed by atoms with E-state index in [0.29, 0.717) is 12.2 Å². The van der Waals surface area contributed by atoms with Crippen molar-refractivity contribution < 1.29 is 13.5 Å². The van der Waals surface area contributed by atoms with Crippen molar-refractivity contribution in [3.05, 3.63) is 35.7 Å². The summed E-state index contributed by atoms with van der Waals surface area (Å²) in [6.07, 6.45) is 0.396. The van der Waals surface area contributed by atoms with Crippen LogP contribution in [0.5, 0.6) is 5.75 Å². The number of nitrogens with one attached hydrogen (secondary N) is 1. The number of H-pyrrole nitrogens is 1. The lowest BCUT2D eigenvalue weighted by molar-refractivity contribution is 0.301. The average Bonchev–Trinajstić information content (AvgIpc) is 2.74. The molecular formula is C9H8F2N4O. The van der Waals surface area contributed by atoms with Crippen LogP contribution in [0.25, 0.3) is 0 Å². The van der Waals surface area contributed by atoms with Gasteiger partial charge in [0.15, 0.2) is 17.4 Å². The molecular weight excluding hydrogens is 218 g/mol. The summed E-state index contributed by atoms with van der Waals surface area (Å²) in [4.78, 5) is 0. The van der Waals surface area contributed by atoms with E-state index in [1.807, 2.05) is 0 Å². The second-order valence-corrected chi connectivity index (χ2v) is 3.00. The minimum Gasteiger partial charge on any atom is -0.490 e. The Morgan fingerprint density at radius 2 is 2.19 bits per heavy atom. The number of hydrogen-bond donors (Lipinski definition) is 1. The fourth-order valence-corrected chi connectivity index (χ4v) is 1.13. The summed E-state index contributed by atoms with van der Waals surface area (Å²) in [5, 5.41) is 13.1. The molecule has 0 saturated heterocycles. The van der Waals surface area contributed by atoms with Gasteiger partial charge in [0.05, 0.1) is 6.61 Å². The summed E-state index contributed by atoms with van der Waals surface area (Å²) < 4.78 is 30.8. The SMILES string of the molecule is Fc1ccc(OCCc2nn[nH]n2)c(F)c1. The van der Waals surface area contributed by atoms with Gasteiger partial charge in [0, 0.05) is 12.5 Å². The maximum Gasteiger partial charge on any atom is 0.177 e. The minimum absolute atomic E-state index is 0.00453. The van der Waals surface area contributed by atoms with Crippen LogP contribution < -0.4 is 4.74 Å². The molecule has 0 amide bonds. The highest BCUT2D eigenvalue weighted by molar-refractivity contribution is 5.24. The van der Waals surface area contributed by atoms with Gasteiger partial charge in [0.25, 0.3) is 0 Å². The van der Waals surface area contributed by atoms with Crippen molar-refractivity contribution in [2.24, 2.45) is 0 Å². The predicted molar refractivity (Wildman–Crippen MR) is 49.7 cm³/mol. The summed E-state index contributed by atoms with van der Waals surface area (Å²) in [6, 6.07) is 3.14. The van der Waals surface area contributed by atoms with Crippen LogP contribution in [-0.4, -0.2) is 27.2 Å². The molecule has 1 aromatic heterocycles. The van der Waals surface area contributed by atoms with Crippen molar-refractivity contribution in [1.29, 1.82) is 0 Å². The van der Waals surface area contributed by atoms with Gasteiger partial charge in [-0.3, -0.25) is 0 Å². The van der Waals surface area contributed by atoms with Crippen molar-refractivity contribution in [2.45, 2.75) is 6.42 Å². The first kappa shape index (κ1) is 10.5. The van der Waals surface area contributed by atoms with Gasteiger partial charge in [0.1, 0.15) is 5.82 Å². The van der Waals surface area contributed by atoms with E-state index in [1.165, 1.54) is 6.07 Å². The molecule has 0 fully saturated rings. The Labute approximate surface area is 89.4 Å². The molecule has 2 rings (SSSR count). The van der Waals surface area contributed by atoms with Gasteiger partial charge < -0.3 is 4.74 Å². The number of halogens is 2. The first-order valence-corrected chi connectivity index (χ1v) is 4.56. The lowest BCUT2D eigenvalue weighted by atomic mass is 10.3. The maximum absolute atomic E-state index is 13.1. The van der Waals surface area contributed by atoms with Crippen molar-refractivity contribution in [2.75, 3.05) is 6.61 Å². The first-order valence-electron chi connectivity index (χ1n) is 4.56. The molecule has 0 unspecified atom stereocenters. The molecule has 1 aromatic carbocycles. The van der Waals surface area contributed by atoms with Crippen LogP contribution in [0.4, 0.5) is 8.78 Å². The van der Waals surface area contributed by atoms with E-state index in [1.54, 1.807) is 0 Å². The van der Waals surface area contributed by atoms with Crippen LogP contribution in [0.2, 0.25) is 0 Å². The van der Waals surface area contributed by atoms with E-state index in [-0.39, 0.29) is 12.4 Å². The number of hydrogen-bond acceptors (Lipinski definition) is 4. The van der Waals surface area contributed by atoms with Gasteiger partial charge >= 0.3 is 0 Å². The molecule has 2 aromatic rings. The van der Waals surface area contributed by atoms with Crippen molar-refractivity contribution >= 4 is 0 Å². The predicted octanol–water partition coefficient (Wildman–Crippen LogP) is 1.10. The molecule has 7 heteroatoms. The number of aromatic nitrogens is 4. The van der Waals surface area contributed by atoms with Gasteiger partial charge in [-0.1, -0.05) is 5.21 Å². The third-order valence-corrected chi connectivity index (χ3v) is 1.87. The fourth-order valence-electron chi connectivity index (χ4n) is 1.13. The highest BCUT2D eigenvalue weighted by Crippen LogP contribution is 2.17. The molecule has 0 aliphatic heterocycles. The van der Waals surface area contributed by atoms with Gasteiger partial charge in [-0.05, 0) is 12.1 Å². The van der Waals surface area contributed by atoms with Crippen molar-refractivity contribution in [3.8, 4) is 5.75 Å². The zero-order chi connectivity index (χ0) is 11.4. The standard InChI is InChI=1S/C9H8F2N4O/c10-6-1-2-8(7(11)5-6)16-4-3-9-12-14-15-13-9/h1-2,5H,3-4H2,(H,12,13,14,15). The zero-order valence-electron chi connectivity index (χ0n) is 8.15. The van der Waals surface area contributed by atoms with E-state index < -0.39 is 11.6 Å². The number of nitrogens with zero attached hydrogens (tertiary/aromatic N) is 3. The monoisotopic (exact) mass is 226 g/mol. The van der Waals surface area contributed by atoms with Crippen LogP contribution >= 0.6 is 0 Å². The van der Waals surface area contributed by atoms with Gasteiger partial charge in [-0.15, -0.1) is 10.2 Å². The summed E-state index contributed by atoms with van der Waals surface area (Å²) in [6.45, 7) is 0.197. The summed E-state index contributed by atoms with van der Waals surface area (Å²) in [5.41, 5.74) is 0. The van der Waals surface area contributed by atoms with Crippen LogP contribution in [-0.2, 0) is 6.42 Å². The van der Waals surface area contributed by atoms with Crippen LogP contribution in [0, 0.1) is 11.6 Å². The van der Waals surface area contributed by atoms with Crippen LogP contribution in [0.15, 0.2) is 18.2 Å². The quantitative estimate of drug-likeness (QED) is 0.847. The molecule has 0 atom stereocenters. The molecule has 0 bridgehead atoms. The third kappa shape index (κ3) is 2.50. The minimum atomic E-state index is -0.729. The molecule has 0 spiro atoms. The molecule has 84 valence electrons. The topological polar surface area (TPSA) is 63.7 Å². The van der Waals surface area contributed by atoms with Crippen LogP contribution in [0.3, 0.4) is 0 Å². The van der Waals surface area contributed by atoms with E-state index >= 15 is 0 Å². The first-order chi connectivity index (χ1) is 7.75. The molecule has 0 radical (unpaired) electrons. The van der Waals surface area contributed by atoms with Crippen molar-refractivity contribution in [3.63, 3.8) is 0 Å². The van der Waals surface area contributed by atoms with E-state index in [9.17, 15) is 8.78 Å². The van der Waals surface area contributed by atoms with Gasteiger partial charge in [0.2, 0.25) is 0 Å². The third-order valence-electron chi connectivity index (χ3n) is 1.87. The molecule has 16 heavy (non-hydrogen) atoms. The number of benzene rings is 1. The van der Waals surface area contributed by atoms with Gasteiger partial charge in [-0.2, -0.15) is 5.21 Å². The second kappa shape index (κ2) is 4.65. The summed E-state index contributed by atoms with van der Waals surface area (Å²) >= 11 is 0. The Morgan fingerprint density at radius 3 is 2.88 bits per heavy atom. The average molecular weight is 226 g/mol. The number of tetrazole rings is 1. The fraction of sp³-hybridized carbons (Fsp3) is 0.222. The van der Waals surface area contributed by atoms with Crippen molar-refractivity contribution in [1.82, 2.24) is 20.6 Å². The normalized spacial score (nSPS) is 10.4. The molecule has 0 aliphatic carbocycles. The number of aromatic amines is 1. The Bertz CT molecular complexity index is 461. The number of rotatable bonds is 4. The van der Waals surface area contributed by atoms with E-state index in [0.717, 1.165) is 12.1 Å². The Kier molecular flexibility index (Phi) is 3.04. The molecule has 0 aliphatic rings. The Morgan fingerprint density at radius 1 is 1.31 bits per heavy atom. The molecule has 1 heterocycles. The van der Waals surface area contributed by atoms with E-state index in [4.69, 9.17) is 4.74 Å². The second-order valence-electron chi connectivity index (χ2n) is 3.00. The maximum atomic E-state index is 13.1. The Hall–Kier alpha value is -2.05. The van der Waals surface area contributed by atoms with Gasteiger partial charge in [-0.25, -0.2) is 8.78 Å².